The predicted octanol–water partition coefficient (Wildman–Crippen LogP) is 7.00. The molecule has 0 saturated carbocycles. The molecule has 5 rings (SSSR count). The van der Waals surface area contributed by atoms with Crippen LogP contribution in [0.25, 0.3) is 16.7 Å². The molecule has 1 fully saturated rings. The van der Waals surface area contributed by atoms with E-state index in [1.807, 2.05) is 30.9 Å². The van der Waals surface area contributed by atoms with E-state index in [0.29, 0.717) is 6.54 Å². The second-order valence-electron chi connectivity index (χ2n) is 11.5. The van der Waals surface area contributed by atoms with Crippen molar-refractivity contribution >= 4 is 16.9 Å². The number of likely N-dealkylation sites (tertiary alicyclic amines) is 1. The third-order valence-electron chi connectivity index (χ3n) is 8.06. The molecule has 0 spiro atoms. The Bertz CT molecular complexity index is 1470. The Morgan fingerprint density at radius 3 is 2.25 bits per heavy atom. The Kier molecular flexibility index (Phi) is 8.27. The third kappa shape index (κ3) is 5.78. The summed E-state index contributed by atoms with van der Waals surface area (Å²) in [4.78, 5) is 23.7. The van der Waals surface area contributed by atoms with Crippen molar-refractivity contribution in [3.8, 4) is 11.4 Å². The van der Waals surface area contributed by atoms with E-state index in [2.05, 4.69) is 72.7 Å². The lowest BCUT2D eigenvalue weighted by molar-refractivity contribution is 0.0683. The van der Waals surface area contributed by atoms with E-state index in [9.17, 15) is 4.79 Å². The van der Waals surface area contributed by atoms with Gasteiger partial charge < -0.3 is 9.64 Å². The Labute approximate surface area is 238 Å². The molecular formula is C34H42N4O2. The summed E-state index contributed by atoms with van der Waals surface area (Å²) in [5, 5.41) is 0. The first-order chi connectivity index (χ1) is 19.2. The van der Waals surface area contributed by atoms with Crippen LogP contribution < -0.4 is 4.74 Å². The number of fused-ring (bicyclic) bond motifs is 1. The summed E-state index contributed by atoms with van der Waals surface area (Å²) in [5.41, 5.74) is 8.27. The second kappa shape index (κ2) is 11.8. The average molecular weight is 539 g/mol. The number of carbonyl (C=O) groups is 1. The largest absolute Gasteiger partial charge is 0.497 e. The van der Waals surface area contributed by atoms with Crippen LogP contribution in [-0.2, 0) is 13.1 Å². The van der Waals surface area contributed by atoms with E-state index in [0.717, 1.165) is 64.6 Å². The Morgan fingerprint density at radius 1 is 0.950 bits per heavy atom. The molecule has 1 aliphatic rings. The monoisotopic (exact) mass is 538 g/mol. The number of methoxy groups -OCH3 is 1. The fourth-order valence-electron chi connectivity index (χ4n) is 6.08. The van der Waals surface area contributed by atoms with Crippen LogP contribution in [0.2, 0.25) is 0 Å². The fraction of sp³-hybridized carbons (Fsp3) is 0.412. The van der Waals surface area contributed by atoms with Gasteiger partial charge in [0.15, 0.2) is 0 Å². The van der Waals surface area contributed by atoms with E-state index in [1.54, 1.807) is 7.11 Å². The van der Waals surface area contributed by atoms with Crippen molar-refractivity contribution in [1.29, 1.82) is 0 Å². The van der Waals surface area contributed by atoms with Crippen LogP contribution in [0.3, 0.4) is 0 Å². The topological polar surface area (TPSA) is 50.6 Å². The number of hydrogen-bond donors (Lipinski definition) is 0. The number of carbonyl (C=O) groups excluding carboxylic acids is 1. The van der Waals surface area contributed by atoms with Gasteiger partial charge >= 0.3 is 0 Å². The van der Waals surface area contributed by atoms with Gasteiger partial charge in [0.1, 0.15) is 11.6 Å². The summed E-state index contributed by atoms with van der Waals surface area (Å²) >= 11 is 0. The number of benzene rings is 3. The minimum absolute atomic E-state index is 0.00592. The fourth-order valence-corrected chi connectivity index (χ4v) is 6.08. The minimum Gasteiger partial charge on any atom is -0.497 e. The van der Waals surface area contributed by atoms with Gasteiger partial charge in [-0.05, 0) is 114 Å². The number of imidazole rings is 1. The summed E-state index contributed by atoms with van der Waals surface area (Å²) in [5.74, 6) is 1.70. The number of ether oxygens (including phenoxy) is 1. The standard InChI is InChI=1S/C34H42N4O2/c1-23(2)37(34(39)33-25(4)18-24(3)19-26(33)5)22-32-35-30-20-27(21-36-16-8-7-9-17-36)10-15-31(30)38(32)28-11-13-29(40-6)14-12-28/h10-15,18-20,23H,7-9,16-17,21-22H2,1-6H3. The maximum absolute atomic E-state index is 14.0. The van der Waals surface area contributed by atoms with Gasteiger partial charge in [-0.2, -0.15) is 0 Å². The van der Waals surface area contributed by atoms with E-state index in [-0.39, 0.29) is 11.9 Å². The van der Waals surface area contributed by atoms with Crippen molar-refractivity contribution < 1.29 is 9.53 Å². The number of nitrogens with zero attached hydrogens (tertiary/aromatic N) is 4. The van der Waals surface area contributed by atoms with Crippen molar-refractivity contribution in [2.24, 2.45) is 0 Å². The number of rotatable bonds is 8. The molecule has 3 aromatic carbocycles. The van der Waals surface area contributed by atoms with Gasteiger partial charge in [0.2, 0.25) is 0 Å². The van der Waals surface area contributed by atoms with Crippen molar-refractivity contribution in [3.63, 3.8) is 0 Å². The van der Waals surface area contributed by atoms with Crippen LogP contribution in [0.4, 0.5) is 0 Å². The molecule has 0 radical (unpaired) electrons. The number of amides is 1. The molecule has 210 valence electrons. The lowest BCUT2D eigenvalue weighted by Crippen LogP contribution is -2.38. The number of piperidine rings is 1. The molecule has 40 heavy (non-hydrogen) atoms. The first-order valence-electron chi connectivity index (χ1n) is 14.5. The molecular weight excluding hydrogens is 496 g/mol. The maximum atomic E-state index is 14.0. The van der Waals surface area contributed by atoms with Crippen molar-refractivity contribution in [1.82, 2.24) is 19.4 Å². The van der Waals surface area contributed by atoms with E-state index >= 15 is 0 Å². The molecule has 6 nitrogen and oxygen atoms in total. The second-order valence-corrected chi connectivity index (χ2v) is 11.5. The maximum Gasteiger partial charge on any atom is 0.255 e. The Morgan fingerprint density at radius 2 is 1.62 bits per heavy atom. The van der Waals surface area contributed by atoms with Crippen LogP contribution >= 0.6 is 0 Å². The molecule has 1 aliphatic heterocycles. The van der Waals surface area contributed by atoms with E-state index in [4.69, 9.17) is 9.72 Å². The third-order valence-corrected chi connectivity index (χ3v) is 8.06. The molecule has 0 unspecified atom stereocenters. The molecule has 0 aliphatic carbocycles. The SMILES string of the molecule is COc1ccc(-n2c(CN(C(=O)c3c(C)cc(C)cc3C)C(C)C)nc3cc(CN4CCCCC4)ccc32)cc1. The van der Waals surface area contributed by atoms with Gasteiger partial charge in [-0.1, -0.05) is 30.2 Å². The first kappa shape index (κ1) is 27.9. The van der Waals surface area contributed by atoms with Gasteiger partial charge in [-0.25, -0.2) is 4.98 Å². The van der Waals surface area contributed by atoms with Crippen LogP contribution in [0.5, 0.6) is 5.75 Å². The van der Waals surface area contributed by atoms with Gasteiger partial charge in [-0.15, -0.1) is 0 Å². The number of aryl methyl sites for hydroxylation is 3. The quantitative estimate of drug-likeness (QED) is 0.242. The van der Waals surface area contributed by atoms with E-state index in [1.165, 1.54) is 30.4 Å². The van der Waals surface area contributed by atoms with Gasteiger partial charge in [0.05, 0.1) is 24.7 Å². The summed E-state index contributed by atoms with van der Waals surface area (Å²) < 4.78 is 7.61. The highest BCUT2D eigenvalue weighted by molar-refractivity contribution is 5.97. The summed E-state index contributed by atoms with van der Waals surface area (Å²) in [7, 11) is 1.68. The molecule has 1 amide bonds. The highest BCUT2D eigenvalue weighted by Crippen LogP contribution is 2.28. The molecule has 6 heteroatoms. The number of hydrogen-bond acceptors (Lipinski definition) is 4. The molecule has 0 bridgehead atoms. The molecule has 0 atom stereocenters. The molecule has 0 N–H and O–H groups in total. The smallest absolute Gasteiger partial charge is 0.255 e. The van der Waals surface area contributed by atoms with E-state index < -0.39 is 0 Å². The number of aromatic nitrogens is 2. The molecule has 2 heterocycles. The normalized spacial score (nSPS) is 14.2. The molecule has 1 aromatic heterocycles. The van der Waals surface area contributed by atoms with Crippen LogP contribution in [0.1, 0.15) is 71.5 Å². The summed E-state index contributed by atoms with van der Waals surface area (Å²) in [6, 6.07) is 18.9. The highest BCUT2D eigenvalue weighted by atomic mass is 16.5. The first-order valence-corrected chi connectivity index (χ1v) is 14.5. The zero-order valence-electron chi connectivity index (χ0n) is 24.8. The average Bonchev–Trinajstić information content (AvgIpc) is 3.28. The summed E-state index contributed by atoms with van der Waals surface area (Å²) in [6.07, 6.45) is 3.88. The zero-order valence-corrected chi connectivity index (χ0v) is 24.8. The highest BCUT2D eigenvalue weighted by Gasteiger charge is 2.25. The lowest BCUT2D eigenvalue weighted by Gasteiger charge is -2.28. The lowest BCUT2D eigenvalue weighted by atomic mass is 9.98. The Hall–Kier alpha value is -3.64. The van der Waals surface area contributed by atoms with Gasteiger partial charge in [0, 0.05) is 23.8 Å². The van der Waals surface area contributed by atoms with Crippen LogP contribution in [-0.4, -0.2) is 51.5 Å². The zero-order chi connectivity index (χ0) is 28.4. The molecule has 1 saturated heterocycles. The molecule has 4 aromatic rings. The van der Waals surface area contributed by atoms with Gasteiger partial charge in [0.25, 0.3) is 5.91 Å². The minimum atomic E-state index is 0.00592. The summed E-state index contributed by atoms with van der Waals surface area (Å²) in [6.45, 7) is 14.0. The van der Waals surface area contributed by atoms with Crippen molar-refractivity contribution in [2.45, 2.75) is 73.0 Å². The van der Waals surface area contributed by atoms with Crippen LogP contribution in [0, 0.1) is 20.8 Å². The predicted molar refractivity (Wildman–Crippen MR) is 162 cm³/mol. The van der Waals surface area contributed by atoms with Crippen LogP contribution in [0.15, 0.2) is 54.6 Å². The Balaban J connectivity index is 1.56. The van der Waals surface area contributed by atoms with Gasteiger partial charge in [-0.3, -0.25) is 14.3 Å². The van der Waals surface area contributed by atoms with Crippen molar-refractivity contribution in [3.05, 3.63) is 88.2 Å². The van der Waals surface area contributed by atoms with Crippen molar-refractivity contribution in [2.75, 3.05) is 20.2 Å².